The summed E-state index contributed by atoms with van der Waals surface area (Å²) < 4.78 is 0. The molecule has 0 aliphatic carbocycles. The predicted octanol–water partition coefficient (Wildman–Crippen LogP) is 4.25. The number of fused-ring (bicyclic) bond motifs is 1. The molecule has 1 aromatic heterocycles. The third-order valence-electron chi connectivity index (χ3n) is 7.22. The molecule has 6 N–H and O–H groups in total. The lowest BCUT2D eigenvalue weighted by Crippen LogP contribution is -2.47. The Morgan fingerprint density at radius 3 is 2.41 bits per heavy atom. The highest BCUT2D eigenvalue weighted by atomic mass is 16.4. The predicted molar refractivity (Wildman–Crippen MR) is 177 cm³/mol. The smallest absolute Gasteiger partial charge is 0.405 e. The zero-order valence-electron chi connectivity index (χ0n) is 26.0. The first-order chi connectivity index (χ1) is 22.2. The molecule has 4 amide bonds. The number of amides is 4. The highest BCUT2D eigenvalue weighted by molar-refractivity contribution is 6.08. The normalized spacial score (nSPS) is 12.8. The molecule has 0 saturated heterocycles. The van der Waals surface area contributed by atoms with Crippen molar-refractivity contribution in [2.75, 3.05) is 18.4 Å². The second-order valence-corrected chi connectivity index (χ2v) is 11.0. The van der Waals surface area contributed by atoms with Gasteiger partial charge in [0.1, 0.15) is 11.9 Å². The topological polar surface area (TPSA) is 179 Å². The SMILES string of the molecule is CCCN(CCC)C(=O)C1=Cc2ccc(C(=O)Nc3cncc(CNC(=O)[C@H](Cc4ccccc4)NC(=O)O)c3)cc2N=C(N)C1. The van der Waals surface area contributed by atoms with Gasteiger partial charge < -0.3 is 31.7 Å². The Labute approximate surface area is 267 Å². The van der Waals surface area contributed by atoms with Crippen molar-refractivity contribution in [3.05, 3.63) is 94.8 Å². The fourth-order valence-electron chi connectivity index (χ4n) is 5.10. The van der Waals surface area contributed by atoms with E-state index in [9.17, 15) is 24.3 Å². The maximum Gasteiger partial charge on any atom is 0.405 e. The van der Waals surface area contributed by atoms with Gasteiger partial charge in [0.2, 0.25) is 11.8 Å². The summed E-state index contributed by atoms with van der Waals surface area (Å²) >= 11 is 0. The molecule has 3 aromatic rings. The van der Waals surface area contributed by atoms with E-state index in [1.54, 1.807) is 36.5 Å². The van der Waals surface area contributed by atoms with Crippen LogP contribution >= 0.6 is 0 Å². The molecule has 12 heteroatoms. The lowest BCUT2D eigenvalue weighted by molar-refractivity contribution is -0.127. The maximum atomic E-state index is 13.3. The van der Waals surface area contributed by atoms with Crippen molar-refractivity contribution in [2.45, 2.75) is 52.1 Å². The van der Waals surface area contributed by atoms with Gasteiger partial charge in [0.05, 0.1) is 17.6 Å². The highest BCUT2D eigenvalue weighted by Crippen LogP contribution is 2.29. The third kappa shape index (κ3) is 9.24. The summed E-state index contributed by atoms with van der Waals surface area (Å²) in [6, 6.07) is 14.8. The zero-order valence-corrected chi connectivity index (χ0v) is 26.0. The summed E-state index contributed by atoms with van der Waals surface area (Å²) in [5.74, 6) is -0.681. The van der Waals surface area contributed by atoms with Gasteiger partial charge in [0, 0.05) is 55.4 Å². The summed E-state index contributed by atoms with van der Waals surface area (Å²) in [5, 5.41) is 17.0. The standard InChI is InChI=1S/C34H39N7O5/c1-3-12-41(13-4-2)33(44)26-16-24-10-11-25(17-28(24)39-30(35)18-26)31(42)38-27-14-23(19-36-21-27)20-37-32(43)29(40-34(45)46)15-22-8-6-5-7-9-22/h5-11,14,16-17,19,21,29,40H,3-4,12-13,15,18,20H2,1-2H3,(H2,35,39)(H,37,43)(H,38,42)(H,45,46)/t29-/m0/s1. The monoisotopic (exact) mass is 625 g/mol. The summed E-state index contributed by atoms with van der Waals surface area (Å²) in [7, 11) is 0. The van der Waals surface area contributed by atoms with Crippen molar-refractivity contribution in [2.24, 2.45) is 10.7 Å². The van der Waals surface area contributed by atoms with Crippen LogP contribution in [0.4, 0.5) is 16.2 Å². The molecule has 2 heterocycles. The average molecular weight is 626 g/mol. The van der Waals surface area contributed by atoms with Gasteiger partial charge in [0.15, 0.2) is 0 Å². The number of anilines is 1. The van der Waals surface area contributed by atoms with Crippen LogP contribution < -0.4 is 21.7 Å². The molecule has 1 aliphatic rings. The Kier molecular flexibility index (Phi) is 11.6. The molecule has 1 atom stereocenters. The Morgan fingerprint density at radius 2 is 1.72 bits per heavy atom. The van der Waals surface area contributed by atoms with E-state index in [-0.39, 0.29) is 31.1 Å². The van der Waals surface area contributed by atoms with Gasteiger partial charge in [0.25, 0.3) is 5.91 Å². The first-order valence-electron chi connectivity index (χ1n) is 15.2. The number of carboxylic acid groups (broad SMARTS) is 1. The van der Waals surface area contributed by atoms with Crippen molar-refractivity contribution in [1.82, 2.24) is 20.5 Å². The van der Waals surface area contributed by atoms with Gasteiger partial charge in [-0.1, -0.05) is 50.2 Å². The summed E-state index contributed by atoms with van der Waals surface area (Å²) in [6.45, 7) is 5.45. The number of carbonyl (C=O) groups excluding carboxylic acids is 3. The van der Waals surface area contributed by atoms with E-state index in [4.69, 9.17) is 5.73 Å². The van der Waals surface area contributed by atoms with Crippen molar-refractivity contribution in [1.29, 1.82) is 0 Å². The van der Waals surface area contributed by atoms with Crippen LogP contribution in [0.5, 0.6) is 0 Å². The number of amidine groups is 1. The van der Waals surface area contributed by atoms with E-state index in [0.29, 0.717) is 46.7 Å². The lowest BCUT2D eigenvalue weighted by Gasteiger charge is -2.22. The number of nitrogens with zero attached hydrogens (tertiary/aromatic N) is 3. The third-order valence-corrected chi connectivity index (χ3v) is 7.22. The van der Waals surface area contributed by atoms with Crippen molar-refractivity contribution < 1.29 is 24.3 Å². The highest BCUT2D eigenvalue weighted by Gasteiger charge is 2.23. The Bertz CT molecular complexity index is 1630. The summed E-state index contributed by atoms with van der Waals surface area (Å²) in [5.41, 5.74) is 10.1. The molecule has 0 bridgehead atoms. The second-order valence-electron chi connectivity index (χ2n) is 11.0. The molecule has 2 aromatic carbocycles. The van der Waals surface area contributed by atoms with Gasteiger partial charge in [-0.3, -0.25) is 19.4 Å². The van der Waals surface area contributed by atoms with Gasteiger partial charge in [-0.2, -0.15) is 0 Å². The van der Waals surface area contributed by atoms with Gasteiger partial charge in [-0.15, -0.1) is 0 Å². The molecule has 0 radical (unpaired) electrons. The van der Waals surface area contributed by atoms with Gasteiger partial charge in [-0.25, -0.2) is 9.79 Å². The second kappa shape index (κ2) is 16.0. The molecule has 1 aliphatic heterocycles. The largest absolute Gasteiger partial charge is 0.465 e. The number of rotatable bonds is 13. The van der Waals surface area contributed by atoms with E-state index in [1.165, 1.54) is 6.20 Å². The Balaban J connectivity index is 1.43. The Hall–Kier alpha value is -5.52. The van der Waals surface area contributed by atoms with Crippen LogP contribution in [0.3, 0.4) is 0 Å². The number of hydrogen-bond donors (Lipinski definition) is 5. The molecular weight excluding hydrogens is 586 g/mol. The van der Waals surface area contributed by atoms with Crippen LogP contribution in [0.2, 0.25) is 0 Å². The molecule has 0 fully saturated rings. The van der Waals surface area contributed by atoms with Crippen molar-refractivity contribution >= 4 is 47.1 Å². The number of aromatic nitrogens is 1. The Morgan fingerprint density at radius 1 is 0.978 bits per heavy atom. The van der Waals surface area contributed by atoms with E-state index in [2.05, 4.69) is 25.9 Å². The van der Waals surface area contributed by atoms with Crippen molar-refractivity contribution in [3.8, 4) is 0 Å². The molecule has 240 valence electrons. The molecule has 4 rings (SSSR count). The lowest BCUT2D eigenvalue weighted by atomic mass is 10.0. The van der Waals surface area contributed by atoms with Gasteiger partial charge in [-0.05, 0) is 48.2 Å². The number of nitrogens with one attached hydrogen (secondary N) is 3. The zero-order chi connectivity index (χ0) is 33.1. The number of hydrogen-bond acceptors (Lipinski definition) is 7. The van der Waals surface area contributed by atoms with E-state index < -0.39 is 23.9 Å². The summed E-state index contributed by atoms with van der Waals surface area (Å²) in [4.78, 5) is 61.1. The molecule has 0 spiro atoms. The number of pyridine rings is 1. The van der Waals surface area contributed by atoms with Crippen LogP contribution in [0.1, 0.15) is 60.2 Å². The number of nitrogens with two attached hydrogens (primary N) is 1. The van der Waals surface area contributed by atoms with Crippen LogP contribution in [-0.4, -0.2) is 63.8 Å². The molecule has 0 unspecified atom stereocenters. The molecule has 46 heavy (non-hydrogen) atoms. The van der Waals surface area contributed by atoms with E-state index in [0.717, 1.165) is 18.4 Å². The minimum absolute atomic E-state index is 0.0649. The van der Waals surface area contributed by atoms with Crippen LogP contribution in [-0.2, 0) is 22.6 Å². The van der Waals surface area contributed by atoms with Crippen LogP contribution in [0, 0.1) is 0 Å². The molecule has 0 saturated carbocycles. The van der Waals surface area contributed by atoms with E-state index in [1.807, 2.05) is 49.1 Å². The maximum absolute atomic E-state index is 13.3. The minimum atomic E-state index is -1.30. The first-order valence-corrected chi connectivity index (χ1v) is 15.2. The summed E-state index contributed by atoms with van der Waals surface area (Å²) in [6.07, 6.45) is 5.62. The quantitative estimate of drug-likeness (QED) is 0.188. The first kappa shape index (κ1) is 33.4. The number of carbonyl (C=O) groups is 4. The molecular formula is C34H39N7O5. The fraction of sp³-hybridized carbons (Fsp3) is 0.294. The van der Waals surface area contributed by atoms with Gasteiger partial charge >= 0.3 is 6.09 Å². The fourth-order valence-corrected chi connectivity index (χ4v) is 5.10. The minimum Gasteiger partial charge on any atom is -0.465 e. The average Bonchev–Trinajstić information content (AvgIpc) is 3.20. The van der Waals surface area contributed by atoms with Crippen LogP contribution in [0.15, 0.2) is 77.6 Å². The number of benzene rings is 2. The van der Waals surface area contributed by atoms with Crippen LogP contribution in [0.25, 0.3) is 6.08 Å². The molecule has 12 nitrogen and oxygen atoms in total. The van der Waals surface area contributed by atoms with Crippen molar-refractivity contribution in [3.63, 3.8) is 0 Å². The van der Waals surface area contributed by atoms with E-state index >= 15 is 0 Å². The number of aliphatic imine (C=N–C) groups is 1.